The number of aliphatic hydroxyl groups excluding tert-OH is 1. The summed E-state index contributed by atoms with van der Waals surface area (Å²) in [6.45, 7) is 1.92. The lowest BCUT2D eigenvalue weighted by Crippen LogP contribution is -2.29. The largest absolute Gasteiger partial charge is 0.506 e. The van der Waals surface area contributed by atoms with Crippen molar-refractivity contribution in [1.29, 1.82) is 0 Å². The van der Waals surface area contributed by atoms with Gasteiger partial charge >= 0.3 is 0 Å². The average Bonchev–Trinajstić information content (AvgIpc) is 3.10. The third-order valence-electron chi connectivity index (χ3n) is 5.68. The summed E-state index contributed by atoms with van der Waals surface area (Å²) in [4.78, 5) is 28.0. The molecule has 0 bridgehead atoms. The van der Waals surface area contributed by atoms with Gasteiger partial charge < -0.3 is 14.6 Å². The van der Waals surface area contributed by atoms with Crippen molar-refractivity contribution >= 4 is 46.3 Å². The number of benzene rings is 3. The highest BCUT2D eigenvalue weighted by Gasteiger charge is 2.47. The summed E-state index contributed by atoms with van der Waals surface area (Å²) >= 11 is 12.4. The summed E-state index contributed by atoms with van der Waals surface area (Å²) in [5.41, 5.74) is 2.04. The number of ether oxygens (including phenoxy) is 2. The molecule has 1 amide bonds. The van der Waals surface area contributed by atoms with Crippen LogP contribution in [-0.2, 0) is 9.59 Å². The Morgan fingerprint density at radius 1 is 0.912 bits per heavy atom. The van der Waals surface area contributed by atoms with Gasteiger partial charge in [0.2, 0.25) is 0 Å². The van der Waals surface area contributed by atoms with E-state index in [0.29, 0.717) is 16.3 Å². The minimum atomic E-state index is -0.966. The van der Waals surface area contributed by atoms with Crippen LogP contribution < -0.4 is 14.4 Å². The molecule has 4 rings (SSSR count). The van der Waals surface area contributed by atoms with Gasteiger partial charge in [0.15, 0.2) is 0 Å². The SMILES string of the molecule is COc1cccc(OC)c1/C(O)=C1\C(=O)C(=O)N(c2ccc(C)cc2)C1c1ccc(Cl)c(Cl)c1. The molecule has 0 saturated carbocycles. The van der Waals surface area contributed by atoms with Crippen molar-refractivity contribution in [3.8, 4) is 11.5 Å². The van der Waals surface area contributed by atoms with Gasteiger partial charge in [0.1, 0.15) is 22.8 Å². The molecule has 1 atom stereocenters. The molecule has 1 saturated heterocycles. The van der Waals surface area contributed by atoms with E-state index in [0.717, 1.165) is 5.56 Å². The van der Waals surface area contributed by atoms with Crippen molar-refractivity contribution in [2.24, 2.45) is 0 Å². The standard InChI is InChI=1S/C26H21Cl2NO5/c1-14-7-10-16(11-8-14)29-23(15-9-12-17(27)18(28)13-15)22(25(31)26(29)32)24(30)21-19(33-2)5-4-6-20(21)34-3/h4-13,23,30H,1-3H3/b24-22+. The van der Waals surface area contributed by atoms with Gasteiger partial charge in [0.25, 0.3) is 11.7 Å². The molecule has 3 aromatic carbocycles. The predicted octanol–water partition coefficient (Wildman–Crippen LogP) is 5.95. The summed E-state index contributed by atoms with van der Waals surface area (Å²) in [6, 6.07) is 16.0. The summed E-state index contributed by atoms with van der Waals surface area (Å²) < 4.78 is 10.8. The first-order valence-electron chi connectivity index (χ1n) is 10.3. The highest BCUT2D eigenvalue weighted by molar-refractivity contribution is 6.52. The number of carbonyl (C=O) groups excluding carboxylic acids is 2. The normalized spacial score (nSPS) is 17.2. The number of aryl methyl sites for hydroxylation is 1. The van der Waals surface area contributed by atoms with E-state index in [-0.39, 0.29) is 27.7 Å². The zero-order chi connectivity index (χ0) is 24.6. The van der Waals surface area contributed by atoms with Gasteiger partial charge in [-0.2, -0.15) is 0 Å². The first kappa shape index (κ1) is 23.7. The van der Waals surface area contributed by atoms with Gasteiger partial charge in [-0.05, 0) is 48.9 Å². The maximum absolute atomic E-state index is 13.4. The Bertz CT molecular complexity index is 1300. The maximum atomic E-state index is 13.4. The number of halogens is 2. The smallest absolute Gasteiger partial charge is 0.300 e. The topological polar surface area (TPSA) is 76.1 Å². The van der Waals surface area contributed by atoms with Crippen molar-refractivity contribution in [2.75, 3.05) is 19.1 Å². The highest BCUT2D eigenvalue weighted by atomic mass is 35.5. The Morgan fingerprint density at radius 3 is 2.09 bits per heavy atom. The summed E-state index contributed by atoms with van der Waals surface area (Å²) in [7, 11) is 2.87. The van der Waals surface area contributed by atoms with Crippen LogP contribution in [0.5, 0.6) is 11.5 Å². The highest BCUT2D eigenvalue weighted by Crippen LogP contribution is 2.45. The molecule has 0 radical (unpaired) electrons. The summed E-state index contributed by atoms with van der Waals surface area (Å²) in [5, 5.41) is 12.0. The Kier molecular flexibility index (Phi) is 6.55. The number of carbonyl (C=O) groups is 2. The van der Waals surface area contributed by atoms with E-state index >= 15 is 0 Å². The Balaban J connectivity index is 2.02. The minimum absolute atomic E-state index is 0.119. The first-order valence-corrected chi connectivity index (χ1v) is 11.1. The molecule has 0 spiro atoms. The van der Waals surface area contributed by atoms with Gasteiger partial charge in [-0.25, -0.2) is 0 Å². The van der Waals surface area contributed by atoms with Crippen LogP contribution in [0, 0.1) is 6.92 Å². The fourth-order valence-corrected chi connectivity index (χ4v) is 4.33. The molecule has 3 aromatic rings. The zero-order valence-electron chi connectivity index (χ0n) is 18.6. The van der Waals surface area contributed by atoms with Crippen LogP contribution in [0.3, 0.4) is 0 Å². The third kappa shape index (κ3) is 4.00. The predicted molar refractivity (Wildman–Crippen MR) is 132 cm³/mol. The van der Waals surface area contributed by atoms with E-state index in [4.69, 9.17) is 32.7 Å². The van der Waals surface area contributed by atoms with E-state index in [1.807, 2.05) is 19.1 Å². The van der Waals surface area contributed by atoms with Crippen LogP contribution in [0.2, 0.25) is 10.0 Å². The maximum Gasteiger partial charge on any atom is 0.300 e. The number of hydrogen-bond donors (Lipinski definition) is 1. The number of nitrogens with zero attached hydrogens (tertiary/aromatic N) is 1. The van der Waals surface area contributed by atoms with Crippen molar-refractivity contribution in [2.45, 2.75) is 13.0 Å². The molecule has 1 unspecified atom stereocenters. The van der Waals surface area contributed by atoms with Crippen LogP contribution in [-0.4, -0.2) is 31.0 Å². The molecule has 1 aliphatic rings. The first-order chi connectivity index (χ1) is 16.3. The van der Waals surface area contributed by atoms with Crippen molar-refractivity contribution in [3.63, 3.8) is 0 Å². The number of Topliss-reactive ketones (excluding diaryl/α,β-unsaturated/α-hetero) is 1. The van der Waals surface area contributed by atoms with Crippen LogP contribution in [0.4, 0.5) is 5.69 Å². The second-order valence-electron chi connectivity index (χ2n) is 7.72. The molecule has 1 heterocycles. The molecule has 174 valence electrons. The molecule has 1 fully saturated rings. The quantitative estimate of drug-likeness (QED) is 0.268. The van der Waals surface area contributed by atoms with Crippen LogP contribution in [0.25, 0.3) is 5.76 Å². The molecule has 0 aromatic heterocycles. The summed E-state index contributed by atoms with van der Waals surface area (Å²) in [5.74, 6) is -1.48. The van der Waals surface area contributed by atoms with E-state index in [1.165, 1.54) is 19.1 Å². The lowest BCUT2D eigenvalue weighted by Gasteiger charge is -2.26. The fourth-order valence-electron chi connectivity index (χ4n) is 4.02. The molecule has 8 heteroatoms. The van der Waals surface area contributed by atoms with E-state index in [1.54, 1.807) is 48.5 Å². The van der Waals surface area contributed by atoms with Gasteiger partial charge in [-0.15, -0.1) is 0 Å². The van der Waals surface area contributed by atoms with Gasteiger partial charge in [-0.1, -0.05) is 53.0 Å². The van der Waals surface area contributed by atoms with E-state index in [2.05, 4.69) is 0 Å². The van der Waals surface area contributed by atoms with E-state index in [9.17, 15) is 14.7 Å². The van der Waals surface area contributed by atoms with Gasteiger partial charge in [0.05, 0.1) is 35.9 Å². The van der Waals surface area contributed by atoms with Crippen LogP contribution in [0.1, 0.15) is 22.7 Å². The minimum Gasteiger partial charge on any atom is -0.506 e. The van der Waals surface area contributed by atoms with Crippen LogP contribution >= 0.6 is 23.2 Å². The molecule has 6 nitrogen and oxygen atoms in total. The Hall–Kier alpha value is -3.48. The number of anilines is 1. The Morgan fingerprint density at radius 2 is 1.53 bits per heavy atom. The van der Waals surface area contributed by atoms with Gasteiger partial charge in [0, 0.05) is 5.69 Å². The van der Waals surface area contributed by atoms with Crippen molar-refractivity contribution in [3.05, 3.63) is 93.0 Å². The lowest BCUT2D eigenvalue weighted by molar-refractivity contribution is -0.132. The van der Waals surface area contributed by atoms with Gasteiger partial charge in [-0.3, -0.25) is 14.5 Å². The third-order valence-corrected chi connectivity index (χ3v) is 6.42. The molecule has 1 aliphatic heterocycles. The average molecular weight is 498 g/mol. The molecule has 34 heavy (non-hydrogen) atoms. The number of amides is 1. The van der Waals surface area contributed by atoms with Crippen molar-refractivity contribution in [1.82, 2.24) is 0 Å². The zero-order valence-corrected chi connectivity index (χ0v) is 20.1. The number of hydrogen-bond acceptors (Lipinski definition) is 5. The second-order valence-corrected chi connectivity index (χ2v) is 8.53. The number of rotatable bonds is 5. The van der Waals surface area contributed by atoms with Crippen LogP contribution in [0.15, 0.2) is 66.2 Å². The molecule has 1 N–H and O–H groups in total. The summed E-state index contributed by atoms with van der Waals surface area (Å²) in [6.07, 6.45) is 0. The Labute approximate surface area is 206 Å². The molecular formula is C26H21Cl2NO5. The monoisotopic (exact) mass is 497 g/mol. The fraction of sp³-hybridized carbons (Fsp3) is 0.154. The second kappa shape index (κ2) is 9.41. The number of aliphatic hydroxyl groups is 1. The number of ketones is 1. The molecular weight excluding hydrogens is 477 g/mol. The van der Waals surface area contributed by atoms with E-state index < -0.39 is 23.5 Å². The van der Waals surface area contributed by atoms with Crippen molar-refractivity contribution < 1.29 is 24.2 Å². The lowest BCUT2D eigenvalue weighted by atomic mass is 9.94. The number of methoxy groups -OCH3 is 2. The molecule has 0 aliphatic carbocycles.